The number of halogens is 1. The van der Waals surface area contributed by atoms with Crippen LogP contribution in [0.5, 0.6) is 5.75 Å². The Balaban J connectivity index is 0.00000220. The van der Waals surface area contributed by atoms with E-state index in [9.17, 15) is 4.79 Å². The standard InChI is InChI=1S/C14H20N4O2.HI/c1-20-12-5-3-11(4-6-12)9-17-13(19)10-18-14-15-7-2-8-16-14;/h3-6H,2,7-10H2,1H3,(H,17,19)(H2,15,16,18);1H. The van der Waals surface area contributed by atoms with Gasteiger partial charge in [0.2, 0.25) is 5.91 Å². The van der Waals surface area contributed by atoms with Crippen molar-refractivity contribution in [2.24, 2.45) is 4.99 Å². The molecule has 0 bridgehead atoms. The van der Waals surface area contributed by atoms with E-state index >= 15 is 0 Å². The van der Waals surface area contributed by atoms with Crippen molar-refractivity contribution in [3.8, 4) is 5.75 Å². The average molecular weight is 404 g/mol. The summed E-state index contributed by atoms with van der Waals surface area (Å²) in [5, 5.41) is 8.94. The van der Waals surface area contributed by atoms with Gasteiger partial charge in [-0.25, -0.2) is 0 Å². The summed E-state index contributed by atoms with van der Waals surface area (Å²) < 4.78 is 5.08. The Labute approximate surface area is 141 Å². The number of rotatable bonds is 5. The zero-order valence-corrected chi connectivity index (χ0v) is 14.3. The summed E-state index contributed by atoms with van der Waals surface area (Å²) in [5.74, 6) is 1.45. The highest BCUT2D eigenvalue weighted by Crippen LogP contribution is 2.10. The number of aliphatic imine (C=N–C) groups is 1. The molecule has 2 rings (SSSR count). The molecule has 0 aliphatic carbocycles. The third-order valence-corrected chi connectivity index (χ3v) is 2.96. The highest BCUT2D eigenvalue weighted by molar-refractivity contribution is 14.0. The molecule has 1 aliphatic heterocycles. The van der Waals surface area contributed by atoms with E-state index in [-0.39, 0.29) is 36.4 Å². The van der Waals surface area contributed by atoms with Crippen molar-refractivity contribution in [2.75, 3.05) is 26.7 Å². The van der Waals surface area contributed by atoms with Gasteiger partial charge in [-0.2, -0.15) is 0 Å². The first kappa shape index (κ1) is 17.5. The third kappa shape index (κ3) is 6.19. The van der Waals surface area contributed by atoms with E-state index in [1.807, 2.05) is 24.3 Å². The lowest BCUT2D eigenvalue weighted by Crippen LogP contribution is -2.45. The first-order valence-electron chi connectivity index (χ1n) is 6.70. The largest absolute Gasteiger partial charge is 0.497 e. The minimum Gasteiger partial charge on any atom is -0.497 e. The van der Waals surface area contributed by atoms with Crippen LogP contribution in [0.15, 0.2) is 29.3 Å². The second-order valence-corrected chi connectivity index (χ2v) is 4.49. The fourth-order valence-corrected chi connectivity index (χ4v) is 1.82. The lowest BCUT2D eigenvalue weighted by molar-refractivity contribution is -0.120. The van der Waals surface area contributed by atoms with Crippen molar-refractivity contribution in [3.63, 3.8) is 0 Å². The number of carbonyl (C=O) groups is 1. The highest BCUT2D eigenvalue weighted by Gasteiger charge is 2.06. The highest BCUT2D eigenvalue weighted by atomic mass is 127. The minimum atomic E-state index is -0.0594. The van der Waals surface area contributed by atoms with E-state index in [2.05, 4.69) is 20.9 Å². The molecule has 7 heteroatoms. The number of nitrogens with one attached hydrogen (secondary N) is 3. The van der Waals surface area contributed by atoms with Crippen molar-refractivity contribution in [2.45, 2.75) is 13.0 Å². The summed E-state index contributed by atoms with van der Waals surface area (Å²) >= 11 is 0. The first-order valence-corrected chi connectivity index (χ1v) is 6.70. The maximum atomic E-state index is 11.7. The van der Waals surface area contributed by atoms with Gasteiger partial charge in [0.25, 0.3) is 0 Å². The molecule has 0 saturated heterocycles. The third-order valence-electron chi connectivity index (χ3n) is 2.96. The molecule has 1 aliphatic rings. The van der Waals surface area contributed by atoms with E-state index in [1.165, 1.54) is 0 Å². The number of methoxy groups -OCH3 is 1. The quantitative estimate of drug-likeness (QED) is 0.637. The minimum absolute atomic E-state index is 0. The molecular formula is C14H21IN4O2. The number of carbonyl (C=O) groups excluding carboxylic acids is 1. The second kappa shape index (κ2) is 9.43. The molecule has 0 atom stereocenters. The van der Waals surface area contributed by atoms with E-state index in [1.54, 1.807) is 7.11 Å². The number of hydrogen-bond acceptors (Lipinski definition) is 5. The van der Waals surface area contributed by atoms with Gasteiger partial charge in [0.15, 0.2) is 5.96 Å². The predicted molar refractivity (Wildman–Crippen MR) is 93.2 cm³/mol. The van der Waals surface area contributed by atoms with Gasteiger partial charge in [0.05, 0.1) is 13.7 Å². The normalized spacial score (nSPS) is 13.3. The molecule has 116 valence electrons. The van der Waals surface area contributed by atoms with Crippen LogP contribution in [0, 0.1) is 0 Å². The molecule has 1 heterocycles. The van der Waals surface area contributed by atoms with Crippen LogP contribution < -0.4 is 20.7 Å². The van der Waals surface area contributed by atoms with Crippen molar-refractivity contribution < 1.29 is 9.53 Å². The van der Waals surface area contributed by atoms with Gasteiger partial charge >= 0.3 is 0 Å². The van der Waals surface area contributed by atoms with Crippen LogP contribution in [0.25, 0.3) is 0 Å². The van der Waals surface area contributed by atoms with Crippen LogP contribution in [0.2, 0.25) is 0 Å². The zero-order chi connectivity index (χ0) is 14.2. The number of hydrogen-bond donors (Lipinski definition) is 3. The van der Waals surface area contributed by atoms with Gasteiger partial charge < -0.3 is 20.7 Å². The lowest BCUT2D eigenvalue weighted by Gasteiger charge is -2.15. The van der Waals surface area contributed by atoms with E-state index in [0.717, 1.165) is 30.8 Å². The Morgan fingerprint density at radius 1 is 1.38 bits per heavy atom. The molecule has 1 aromatic carbocycles. The molecule has 6 nitrogen and oxygen atoms in total. The predicted octanol–water partition coefficient (Wildman–Crippen LogP) is 0.868. The van der Waals surface area contributed by atoms with Crippen LogP contribution >= 0.6 is 24.0 Å². The van der Waals surface area contributed by atoms with Crippen molar-refractivity contribution in [1.29, 1.82) is 0 Å². The molecule has 0 fully saturated rings. The number of guanidine groups is 1. The maximum Gasteiger partial charge on any atom is 0.239 e. The van der Waals surface area contributed by atoms with Crippen LogP contribution in [-0.4, -0.2) is 38.6 Å². The maximum absolute atomic E-state index is 11.7. The number of benzene rings is 1. The number of amides is 1. The van der Waals surface area contributed by atoms with Crippen molar-refractivity contribution >= 4 is 35.8 Å². The summed E-state index contributed by atoms with van der Waals surface area (Å²) in [6, 6.07) is 7.61. The van der Waals surface area contributed by atoms with Gasteiger partial charge in [-0.05, 0) is 24.1 Å². The summed E-state index contributed by atoms with van der Waals surface area (Å²) in [4.78, 5) is 15.9. The SMILES string of the molecule is COc1ccc(CNC(=O)CNC2=NCCCN2)cc1.I. The van der Waals surface area contributed by atoms with Gasteiger partial charge in [-0.1, -0.05) is 12.1 Å². The zero-order valence-electron chi connectivity index (χ0n) is 12.0. The van der Waals surface area contributed by atoms with Gasteiger partial charge in [-0.3, -0.25) is 9.79 Å². The Kier molecular flexibility index (Phi) is 7.88. The Hall–Kier alpha value is -1.51. The summed E-state index contributed by atoms with van der Waals surface area (Å²) in [6.45, 7) is 2.44. The molecular weight excluding hydrogens is 383 g/mol. The molecule has 0 radical (unpaired) electrons. The molecule has 1 amide bonds. The average Bonchev–Trinajstić information content (AvgIpc) is 2.52. The molecule has 3 N–H and O–H groups in total. The van der Waals surface area contributed by atoms with Gasteiger partial charge in [0.1, 0.15) is 5.75 Å². The van der Waals surface area contributed by atoms with E-state index in [4.69, 9.17) is 4.74 Å². The van der Waals surface area contributed by atoms with Crippen molar-refractivity contribution in [3.05, 3.63) is 29.8 Å². The fraction of sp³-hybridized carbons (Fsp3) is 0.429. The van der Waals surface area contributed by atoms with Crippen LogP contribution in [0.3, 0.4) is 0 Å². The van der Waals surface area contributed by atoms with Gasteiger partial charge in [-0.15, -0.1) is 24.0 Å². The summed E-state index contributed by atoms with van der Waals surface area (Å²) in [7, 11) is 1.63. The number of nitrogens with zero attached hydrogens (tertiary/aromatic N) is 1. The second-order valence-electron chi connectivity index (χ2n) is 4.49. The molecule has 0 aromatic heterocycles. The number of ether oxygens (including phenoxy) is 1. The van der Waals surface area contributed by atoms with E-state index in [0.29, 0.717) is 12.5 Å². The molecule has 0 spiro atoms. The lowest BCUT2D eigenvalue weighted by atomic mass is 10.2. The van der Waals surface area contributed by atoms with Crippen LogP contribution in [0.4, 0.5) is 0 Å². The van der Waals surface area contributed by atoms with E-state index < -0.39 is 0 Å². The topological polar surface area (TPSA) is 74.8 Å². The Morgan fingerprint density at radius 3 is 2.76 bits per heavy atom. The molecule has 1 aromatic rings. The van der Waals surface area contributed by atoms with Crippen molar-refractivity contribution in [1.82, 2.24) is 16.0 Å². The summed E-state index contributed by atoms with van der Waals surface area (Å²) in [5.41, 5.74) is 1.03. The van der Waals surface area contributed by atoms with Gasteiger partial charge in [0, 0.05) is 19.6 Å². The Bertz CT molecular complexity index is 476. The van der Waals surface area contributed by atoms with Crippen LogP contribution in [-0.2, 0) is 11.3 Å². The van der Waals surface area contributed by atoms with Crippen LogP contribution in [0.1, 0.15) is 12.0 Å². The molecule has 0 unspecified atom stereocenters. The Morgan fingerprint density at radius 2 is 2.14 bits per heavy atom. The monoisotopic (exact) mass is 404 g/mol. The smallest absolute Gasteiger partial charge is 0.239 e. The summed E-state index contributed by atoms with van der Waals surface area (Å²) in [6.07, 6.45) is 1.04. The molecule has 21 heavy (non-hydrogen) atoms. The molecule has 0 saturated carbocycles. The first-order chi connectivity index (χ1) is 9.78. The fourth-order valence-electron chi connectivity index (χ4n) is 1.82.